The van der Waals surface area contributed by atoms with Crippen LogP contribution >= 0.6 is 11.6 Å². The molecule has 20 heavy (non-hydrogen) atoms. The van der Waals surface area contributed by atoms with Gasteiger partial charge in [0.2, 0.25) is 0 Å². The molecule has 0 atom stereocenters. The molecule has 1 amide bonds. The summed E-state index contributed by atoms with van der Waals surface area (Å²) in [7, 11) is 0. The van der Waals surface area contributed by atoms with E-state index in [1.54, 1.807) is 6.92 Å². The second-order valence-electron chi connectivity index (χ2n) is 4.15. The summed E-state index contributed by atoms with van der Waals surface area (Å²) in [6.45, 7) is 1.55. The molecular weight excluding hydrogens is 288 g/mol. The number of hydrogen-bond donors (Lipinski definition) is 2. The fourth-order valence-electron chi connectivity index (χ4n) is 1.71. The van der Waals surface area contributed by atoms with Crippen LogP contribution in [0.15, 0.2) is 30.3 Å². The van der Waals surface area contributed by atoms with Crippen LogP contribution in [-0.2, 0) is 0 Å². The molecule has 0 bridgehead atoms. The van der Waals surface area contributed by atoms with Crippen molar-refractivity contribution in [3.8, 4) is 5.75 Å². The van der Waals surface area contributed by atoms with E-state index in [0.717, 1.165) is 6.07 Å². The Labute approximate surface area is 118 Å². The first-order chi connectivity index (χ1) is 9.40. The van der Waals surface area contributed by atoms with E-state index < -0.39 is 17.5 Å². The largest absolute Gasteiger partial charge is 0.508 e. The van der Waals surface area contributed by atoms with E-state index in [1.807, 2.05) is 0 Å². The number of anilines is 1. The summed E-state index contributed by atoms with van der Waals surface area (Å²) in [5.74, 6) is -2.51. The van der Waals surface area contributed by atoms with Gasteiger partial charge in [-0.3, -0.25) is 4.79 Å². The molecule has 0 saturated carbocycles. The monoisotopic (exact) mass is 297 g/mol. The average molecular weight is 298 g/mol. The van der Waals surface area contributed by atoms with Crippen LogP contribution in [0.25, 0.3) is 0 Å². The molecule has 0 spiro atoms. The molecular formula is C14H10ClF2NO2. The lowest BCUT2D eigenvalue weighted by Gasteiger charge is -2.11. The van der Waals surface area contributed by atoms with Crippen LogP contribution in [0.2, 0.25) is 5.02 Å². The number of halogens is 3. The maximum Gasteiger partial charge on any atom is 0.256 e. The maximum absolute atomic E-state index is 13.6. The minimum atomic E-state index is -0.971. The van der Waals surface area contributed by atoms with Crippen molar-refractivity contribution >= 4 is 23.2 Å². The second kappa shape index (κ2) is 5.46. The lowest BCUT2D eigenvalue weighted by molar-refractivity contribution is 0.102. The number of carbonyl (C=O) groups is 1. The van der Waals surface area contributed by atoms with Crippen molar-refractivity contribution in [1.29, 1.82) is 0 Å². The van der Waals surface area contributed by atoms with Crippen LogP contribution in [-0.4, -0.2) is 11.0 Å². The number of rotatable bonds is 2. The third-order valence-electron chi connectivity index (χ3n) is 2.80. The van der Waals surface area contributed by atoms with E-state index in [2.05, 4.69) is 5.32 Å². The molecule has 0 aliphatic carbocycles. The van der Waals surface area contributed by atoms with Gasteiger partial charge in [-0.25, -0.2) is 8.78 Å². The number of benzene rings is 2. The van der Waals surface area contributed by atoms with Crippen molar-refractivity contribution in [2.45, 2.75) is 6.92 Å². The van der Waals surface area contributed by atoms with Crippen LogP contribution in [0.5, 0.6) is 5.75 Å². The van der Waals surface area contributed by atoms with Gasteiger partial charge >= 0.3 is 0 Å². The predicted octanol–water partition coefficient (Wildman–Crippen LogP) is 3.88. The first-order valence-corrected chi connectivity index (χ1v) is 6.02. The average Bonchev–Trinajstić information content (AvgIpc) is 2.36. The Morgan fingerprint density at radius 1 is 1.30 bits per heavy atom. The molecule has 104 valence electrons. The second-order valence-corrected chi connectivity index (χ2v) is 4.56. The molecule has 0 fully saturated rings. The van der Waals surface area contributed by atoms with Gasteiger partial charge in [0, 0.05) is 17.2 Å². The van der Waals surface area contributed by atoms with Crippen LogP contribution in [0.4, 0.5) is 14.5 Å². The lowest BCUT2D eigenvalue weighted by Crippen LogP contribution is -2.15. The summed E-state index contributed by atoms with van der Waals surface area (Å²) < 4.78 is 26.5. The Balaban J connectivity index is 2.36. The molecule has 3 nitrogen and oxygen atoms in total. The first kappa shape index (κ1) is 14.3. The van der Waals surface area contributed by atoms with Crippen molar-refractivity contribution < 1.29 is 18.7 Å². The Morgan fingerprint density at radius 3 is 2.65 bits per heavy atom. The van der Waals surface area contributed by atoms with Gasteiger partial charge in [-0.05, 0) is 25.1 Å². The number of hydrogen-bond acceptors (Lipinski definition) is 2. The predicted molar refractivity (Wildman–Crippen MR) is 72.2 cm³/mol. The van der Waals surface area contributed by atoms with Crippen molar-refractivity contribution in [2.24, 2.45) is 0 Å². The SMILES string of the molecule is Cc1c(O)cccc1C(=O)Nc1c(F)cc(F)cc1Cl. The zero-order valence-electron chi connectivity index (χ0n) is 10.4. The van der Waals surface area contributed by atoms with Crippen LogP contribution in [0.1, 0.15) is 15.9 Å². The highest BCUT2D eigenvalue weighted by molar-refractivity contribution is 6.34. The molecule has 0 radical (unpaired) electrons. The van der Waals surface area contributed by atoms with Crippen molar-refractivity contribution in [3.05, 3.63) is 58.1 Å². The molecule has 2 rings (SSSR count). The number of phenols is 1. The van der Waals surface area contributed by atoms with Gasteiger partial charge in [-0.15, -0.1) is 0 Å². The summed E-state index contributed by atoms with van der Waals surface area (Å²) in [6.07, 6.45) is 0. The van der Waals surface area contributed by atoms with E-state index in [1.165, 1.54) is 18.2 Å². The molecule has 0 aliphatic heterocycles. The number of aromatic hydroxyl groups is 1. The highest BCUT2D eigenvalue weighted by atomic mass is 35.5. The van der Waals surface area contributed by atoms with Gasteiger partial charge in [0.15, 0.2) is 5.82 Å². The lowest BCUT2D eigenvalue weighted by atomic mass is 10.1. The van der Waals surface area contributed by atoms with Crippen molar-refractivity contribution in [2.75, 3.05) is 5.32 Å². The molecule has 2 N–H and O–H groups in total. The Morgan fingerprint density at radius 2 is 2.00 bits per heavy atom. The van der Waals surface area contributed by atoms with E-state index in [9.17, 15) is 18.7 Å². The minimum absolute atomic E-state index is 0.0525. The zero-order valence-corrected chi connectivity index (χ0v) is 11.1. The van der Waals surface area contributed by atoms with E-state index in [4.69, 9.17) is 11.6 Å². The molecule has 6 heteroatoms. The van der Waals surface area contributed by atoms with Gasteiger partial charge in [0.25, 0.3) is 5.91 Å². The number of phenolic OH excluding ortho intramolecular Hbond substituents is 1. The summed E-state index contributed by atoms with van der Waals surface area (Å²) in [6, 6.07) is 5.91. The summed E-state index contributed by atoms with van der Waals surface area (Å²) in [5.41, 5.74) is 0.217. The van der Waals surface area contributed by atoms with Crippen LogP contribution in [0, 0.1) is 18.6 Å². The fourth-order valence-corrected chi connectivity index (χ4v) is 1.95. The smallest absolute Gasteiger partial charge is 0.256 e. The molecule has 2 aromatic rings. The van der Waals surface area contributed by atoms with Crippen LogP contribution in [0.3, 0.4) is 0 Å². The van der Waals surface area contributed by atoms with Crippen LogP contribution < -0.4 is 5.32 Å². The summed E-state index contributed by atoms with van der Waals surface area (Å²) >= 11 is 5.69. The van der Waals surface area contributed by atoms with E-state index in [0.29, 0.717) is 11.6 Å². The van der Waals surface area contributed by atoms with Gasteiger partial charge < -0.3 is 10.4 Å². The summed E-state index contributed by atoms with van der Waals surface area (Å²) in [4.78, 5) is 12.0. The van der Waals surface area contributed by atoms with E-state index >= 15 is 0 Å². The first-order valence-electron chi connectivity index (χ1n) is 5.64. The number of carbonyl (C=O) groups excluding carboxylic acids is 1. The quantitative estimate of drug-likeness (QED) is 0.883. The van der Waals surface area contributed by atoms with E-state index in [-0.39, 0.29) is 22.0 Å². The van der Waals surface area contributed by atoms with Gasteiger partial charge in [-0.1, -0.05) is 17.7 Å². The molecule has 0 aliphatic rings. The Hall–Kier alpha value is -2.14. The normalized spacial score (nSPS) is 10.4. The molecule has 0 unspecified atom stereocenters. The van der Waals surface area contributed by atoms with Gasteiger partial charge in [0.05, 0.1) is 10.7 Å². The maximum atomic E-state index is 13.6. The molecule has 2 aromatic carbocycles. The van der Waals surface area contributed by atoms with Gasteiger partial charge in [-0.2, -0.15) is 0 Å². The highest BCUT2D eigenvalue weighted by Crippen LogP contribution is 2.28. The third kappa shape index (κ3) is 2.72. The highest BCUT2D eigenvalue weighted by Gasteiger charge is 2.16. The molecule has 0 heterocycles. The number of amides is 1. The van der Waals surface area contributed by atoms with Gasteiger partial charge in [0.1, 0.15) is 11.6 Å². The molecule has 0 aromatic heterocycles. The third-order valence-corrected chi connectivity index (χ3v) is 3.09. The Kier molecular flexibility index (Phi) is 3.90. The Bertz CT molecular complexity index is 666. The number of nitrogens with one attached hydrogen (secondary N) is 1. The van der Waals surface area contributed by atoms with Crippen molar-refractivity contribution in [1.82, 2.24) is 0 Å². The fraction of sp³-hybridized carbons (Fsp3) is 0.0714. The summed E-state index contributed by atoms with van der Waals surface area (Å²) in [5, 5.41) is 11.6. The van der Waals surface area contributed by atoms with Crippen molar-refractivity contribution in [3.63, 3.8) is 0 Å². The minimum Gasteiger partial charge on any atom is -0.508 e. The topological polar surface area (TPSA) is 49.3 Å². The zero-order chi connectivity index (χ0) is 14.9. The molecule has 0 saturated heterocycles. The standard InChI is InChI=1S/C14H10ClF2NO2/c1-7-9(3-2-4-12(7)19)14(20)18-13-10(15)5-8(16)6-11(13)17/h2-6,19H,1H3,(H,18,20).